The highest BCUT2D eigenvalue weighted by molar-refractivity contribution is 7.68. The van der Waals surface area contributed by atoms with Gasteiger partial charge in [0.2, 0.25) is 7.37 Å². The Kier molecular flexibility index (Phi) is 1.99. The van der Waals surface area contributed by atoms with Crippen molar-refractivity contribution in [2.75, 3.05) is 0 Å². The second-order valence-electron chi connectivity index (χ2n) is 3.55. The number of nitrogens with zero attached hydrogens (tertiary/aromatic N) is 1. The summed E-state index contributed by atoms with van der Waals surface area (Å²) in [6.45, 7) is 0. The first-order valence-corrected chi connectivity index (χ1v) is 6.08. The zero-order valence-electron chi connectivity index (χ0n) is 7.55. The molecule has 3 nitrogen and oxygen atoms in total. The van der Waals surface area contributed by atoms with E-state index in [4.69, 9.17) is 5.26 Å². The molecule has 1 atom stereocenters. The summed E-state index contributed by atoms with van der Waals surface area (Å²) in [6.07, 6.45) is 1.07. The van der Waals surface area contributed by atoms with Crippen LogP contribution in [0.4, 0.5) is 0 Å². The molecule has 0 saturated heterocycles. The van der Waals surface area contributed by atoms with Crippen LogP contribution in [0.25, 0.3) is 0 Å². The molecule has 1 fully saturated rings. The summed E-state index contributed by atoms with van der Waals surface area (Å²) in [7, 11) is -3.50. The molecule has 2 rings (SSSR count). The van der Waals surface area contributed by atoms with E-state index in [2.05, 4.69) is 0 Å². The summed E-state index contributed by atoms with van der Waals surface area (Å²) in [6, 6.07) is 10.4. The molecule has 1 unspecified atom stereocenters. The lowest BCUT2D eigenvalue weighted by Gasteiger charge is -2.15. The molecule has 1 aliphatic rings. The maximum atomic E-state index is 12.1. The number of benzene rings is 1. The van der Waals surface area contributed by atoms with E-state index in [9.17, 15) is 9.46 Å². The van der Waals surface area contributed by atoms with Crippen molar-refractivity contribution in [3.63, 3.8) is 0 Å². The lowest BCUT2D eigenvalue weighted by atomic mass is 10.4. The standard InChI is InChI=1S/C10H10NO2P/c11-8-10(6-7-10)14(12,13)9-4-2-1-3-5-9/h1-5H,6-7H2,(H,12,13). The van der Waals surface area contributed by atoms with E-state index in [0.717, 1.165) is 0 Å². The van der Waals surface area contributed by atoms with Crippen molar-refractivity contribution in [1.82, 2.24) is 0 Å². The van der Waals surface area contributed by atoms with Crippen molar-refractivity contribution in [1.29, 1.82) is 5.26 Å². The van der Waals surface area contributed by atoms with Gasteiger partial charge in [-0.15, -0.1) is 0 Å². The van der Waals surface area contributed by atoms with Crippen LogP contribution in [0, 0.1) is 11.3 Å². The van der Waals surface area contributed by atoms with Crippen molar-refractivity contribution in [3.05, 3.63) is 30.3 Å². The highest BCUT2D eigenvalue weighted by Crippen LogP contribution is 2.66. The average molecular weight is 207 g/mol. The minimum absolute atomic E-state index is 0.388. The largest absolute Gasteiger partial charge is 0.340 e. The van der Waals surface area contributed by atoms with Gasteiger partial charge in [0, 0.05) is 5.30 Å². The van der Waals surface area contributed by atoms with E-state index in [1.54, 1.807) is 30.3 Å². The van der Waals surface area contributed by atoms with Gasteiger partial charge in [0.25, 0.3) is 0 Å². The number of rotatable bonds is 2. The zero-order valence-corrected chi connectivity index (χ0v) is 8.45. The van der Waals surface area contributed by atoms with E-state index in [-0.39, 0.29) is 0 Å². The first-order chi connectivity index (χ1) is 6.62. The predicted molar refractivity (Wildman–Crippen MR) is 53.5 cm³/mol. The molecule has 0 amide bonds. The molecule has 0 spiro atoms. The van der Waals surface area contributed by atoms with E-state index >= 15 is 0 Å². The summed E-state index contributed by atoms with van der Waals surface area (Å²) >= 11 is 0. The van der Waals surface area contributed by atoms with Crippen LogP contribution >= 0.6 is 7.37 Å². The second-order valence-corrected chi connectivity index (χ2v) is 6.08. The Bertz CT molecular complexity index is 431. The predicted octanol–water partition coefficient (Wildman–Crippen LogP) is 1.64. The van der Waals surface area contributed by atoms with Gasteiger partial charge in [-0.1, -0.05) is 18.2 Å². The fourth-order valence-electron chi connectivity index (χ4n) is 1.48. The Morgan fingerprint density at radius 2 is 1.93 bits per heavy atom. The smallest absolute Gasteiger partial charge is 0.249 e. The first-order valence-electron chi connectivity index (χ1n) is 4.42. The average Bonchev–Trinajstić information content (AvgIpc) is 3.00. The highest BCUT2D eigenvalue weighted by atomic mass is 31.2. The van der Waals surface area contributed by atoms with Crippen LogP contribution in [0.15, 0.2) is 30.3 Å². The number of hydrogen-bond donors (Lipinski definition) is 1. The van der Waals surface area contributed by atoms with Gasteiger partial charge in [-0.25, -0.2) is 0 Å². The first kappa shape index (κ1) is 9.45. The Morgan fingerprint density at radius 1 is 1.36 bits per heavy atom. The van der Waals surface area contributed by atoms with Crippen LogP contribution in [0.2, 0.25) is 0 Å². The lowest BCUT2D eigenvalue weighted by Crippen LogP contribution is -2.16. The van der Waals surface area contributed by atoms with Gasteiger partial charge in [0.15, 0.2) is 0 Å². The third-order valence-electron chi connectivity index (χ3n) is 2.62. The topological polar surface area (TPSA) is 61.1 Å². The fourth-order valence-corrected chi connectivity index (χ4v) is 3.40. The van der Waals surface area contributed by atoms with E-state index in [1.807, 2.05) is 6.07 Å². The monoisotopic (exact) mass is 207 g/mol. The molecule has 0 aliphatic heterocycles. The quantitative estimate of drug-likeness (QED) is 0.750. The third-order valence-corrected chi connectivity index (χ3v) is 5.32. The van der Waals surface area contributed by atoms with Crippen molar-refractivity contribution in [2.24, 2.45) is 0 Å². The molecule has 1 aliphatic carbocycles. The van der Waals surface area contributed by atoms with Gasteiger partial charge in [0.1, 0.15) is 5.16 Å². The zero-order chi connectivity index (χ0) is 10.2. The molecule has 0 aromatic heterocycles. The summed E-state index contributed by atoms with van der Waals surface area (Å²) in [5, 5.41) is 8.27. The van der Waals surface area contributed by atoms with Gasteiger partial charge >= 0.3 is 0 Å². The SMILES string of the molecule is N#CC1(P(=O)(O)c2ccccc2)CC1. The Hall–Kier alpha value is -1.10. The van der Waals surface area contributed by atoms with Gasteiger partial charge < -0.3 is 4.89 Å². The Morgan fingerprint density at radius 3 is 2.36 bits per heavy atom. The van der Waals surface area contributed by atoms with Crippen LogP contribution in [0.3, 0.4) is 0 Å². The molecular weight excluding hydrogens is 197 g/mol. The molecule has 0 heterocycles. The molecule has 72 valence electrons. The van der Waals surface area contributed by atoms with Crippen molar-refractivity contribution >= 4 is 12.7 Å². The summed E-state index contributed by atoms with van der Waals surface area (Å²) in [4.78, 5) is 9.91. The number of nitriles is 1. The molecule has 1 N–H and O–H groups in total. The fraction of sp³-hybridized carbons (Fsp3) is 0.300. The van der Waals surface area contributed by atoms with Gasteiger partial charge in [-0.2, -0.15) is 5.26 Å². The third kappa shape index (κ3) is 1.19. The molecular formula is C10H10NO2P. The number of hydrogen-bond acceptors (Lipinski definition) is 2. The van der Waals surface area contributed by atoms with Crippen LogP contribution in [-0.4, -0.2) is 10.0 Å². The van der Waals surface area contributed by atoms with Crippen LogP contribution in [0.1, 0.15) is 12.8 Å². The van der Waals surface area contributed by atoms with Crippen molar-refractivity contribution in [2.45, 2.75) is 18.0 Å². The van der Waals surface area contributed by atoms with Gasteiger partial charge in [0.05, 0.1) is 6.07 Å². The summed E-state index contributed by atoms with van der Waals surface area (Å²) < 4.78 is 12.1. The van der Waals surface area contributed by atoms with E-state index in [1.165, 1.54) is 0 Å². The second kappa shape index (κ2) is 2.95. The molecule has 1 saturated carbocycles. The Balaban J connectivity index is 2.45. The van der Waals surface area contributed by atoms with Crippen LogP contribution in [-0.2, 0) is 4.57 Å². The van der Waals surface area contributed by atoms with Crippen molar-refractivity contribution < 1.29 is 9.46 Å². The van der Waals surface area contributed by atoms with E-state index in [0.29, 0.717) is 18.1 Å². The summed E-state index contributed by atoms with van der Waals surface area (Å²) in [5.74, 6) is 0. The van der Waals surface area contributed by atoms with Crippen LogP contribution < -0.4 is 5.30 Å². The van der Waals surface area contributed by atoms with Gasteiger partial charge in [-0.05, 0) is 25.0 Å². The molecule has 4 heteroatoms. The molecule has 1 aromatic rings. The summed E-state index contributed by atoms with van der Waals surface area (Å²) in [5.41, 5.74) is 0. The highest BCUT2D eigenvalue weighted by Gasteiger charge is 2.58. The maximum absolute atomic E-state index is 12.1. The Labute approximate surface area is 82.4 Å². The normalized spacial score (nSPS) is 22.0. The minimum Gasteiger partial charge on any atom is -0.340 e. The minimum atomic E-state index is -3.50. The molecule has 0 bridgehead atoms. The molecule has 1 aromatic carbocycles. The molecule has 14 heavy (non-hydrogen) atoms. The maximum Gasteiger partial charge on any atom is 0.249 e. The van der Waals surface area contributed by atoms with Crippen LogP contribution in [0.5, 0.6) is 0 Å². The van der Waals surface area contributed by atoms with Gasteiger partial charge in [-0.3, -0.25) is 4.57 Å². The molecule has 0 radical (unpaired) electrons. The van der Waals surface area contributed by atoms with E-state index < -0.39 is 12.5 Å². The van der Waals surface area contributed by atoms with Crippen molar-refractivity contribution in [3.8, 4) is 6.07 Å². The lowest BCUT2D eigenvalue weighted by molar-refractivity contribution is 0.481.